The third kappa shape index (κ3) is 7.30. The number of carbonyl (C=O) groups excluding carboxylic acids is 4. The summed E-state index contributed by atoms with van der Waals surface area (Å²) in [5, 5.41) is 8.52. The van der Waals surface area contributed by atoms with Gasteiger partial charge >= 0.3 is 12.1 Å². The number of rotatable bonds is 8. The van der Waals surface area contributed by atoms with E-state index in [0.29, 0.717) is 50.2 Å². The second kappa shape index (κ2) is 14.8. The van der Waals surface area contributed by atoms with Gasteiger partial charge in [-0.15, -0.1) is 5.10 Å². The van der Waals surface area contributed by atoms with Crippen LogP contribution in [0.4, 0.5) is 10.5 Å². The van der Waals surface area contributed by atoms with Crippen molar-refractivity contribution in [2.45, 2.75) is 110 Å². The first-order valence-corrected chi connectivity index (χ1v) is 17.2. The monoisotopic (exact) mass is 665 g/mol. The Morgan fingerprint density at radius 2 is 1.73 bits per heavy atom. The van der Waals surface area contributed by atoms with E-state index in [4.69, 9.17) is 19.9 Å². The topological polar surface area (TPSA) is 156 Å². The Hall–Kier alpha value is -3.74. The minimum absolute atomic E-state index is 0.0488. The molecule has 0 bridgehead atoms. The van der Waals surface area contributed by atoms with Crippen molar-refractivity contribution >= 4 is 37.2 Å². The second-order valence-corrected chi connectivity index (χ2v) is 14.2. The smallest absolute Gasteiger partial charge is 0.410 e. The van der Waals surface area contributed by atoms with E-state index in [-0.39, 0.29) is 17.4 Å². The average Bonchev–Trinajstić information content (AvgIpc) is 3.64. The van der Waals surface area contributed by atoms with Gasteiger partial charge in [0.2, 0.25) is 0 Å². The van der Waals surface area contributed by atoms with Crippen LogP contribution < -0.4 is 5.73 Å². The standard InChI is InChI=1S/C35H52BN5O7/c1-9-27-35(7)31(22(4)28(42)20(2)18-34(6,46-8)30(36)21(3)29(43)23(5)32(44)47-27)41(33(45)48-35)16-11-10-15-40-19-26(38-39-40)24-13-12-14-25(37)17-24/h12-14,17,19-23,27,30-31H,9-11,15-16,18,36-37H2,1-8H3/t20-,21+,22+,23-,27-,30-,31-,34-,35-/m1/s1. The van der Waals surface area contributed by atoms with E-state index in [9.17, 15) is 19.2 Å². The predicted octanol–water partition coefficient (Wildman–Crippen LogP) is 4.12. The quantitative estimate of drug-likeness (QED) is 0.143. The van der Waals surface area contributed by atoms with Crippen molar-refractivity contribution in [1.82, 2.24) is 19.9 Å². The van der Waals surface area contributed by atoms with Crippen molar-refractivity contribution in [3.8, 4) is 11.3 Å². The molecule has 2 aliphatic heterocycles. The van der Waals surface area contributed by atoms with Crippen LogP contribution in [0.2, 0.25) is 5.82 Å². The molecular formula is C35H52BN5O7. The van der Waals surface area contributed by atoms with E-state index in [1.165, 1.54) is 0 Å². The van der Waals surface area contributed by atoms with Gasteiger partial charge in [0.25, 0.3) is 0 Å². The molecule has 3 heterocycles. The number of ketones is 2. The molecule has 1 aromatic carbocycles. The summed E-state index contributed by atoms with van der Waals surface area (Å²) in [5.74, 6) is -3.90. The number of methoxy groups -OCH3 is 1. The molecule has 262 valence electrons. The summed E-state index contributed by atoms with van der Waals surface area (Å²) in [6.07, 6.45) is 2.40. The number of Topliss-reactive ketones (excluding diaryl/α,β-unsaturated/α-hetero) is 2. The summed E-state index contributed by atoms with van der Waals surface area (Å²) in [7, 11) is 3.51. The molecule has 9 atom stereocenters. The zero-order valence-corrected chi connectivity index (χ0v) is 29.9. The van der Waals surface area contributed by atoms with Gasteiger partial charge in [0, 0.05) is 49.2 Å². The van der Waals surface area contributed by atoms with E-state index < -0.39 is 59.1 Å². The first kappa shape index (κ1) is 37.1. The van der Waals surface area contributed by atoms with Crippen LogP contribution in [0, 0.1) is 23.7 Å². The highest BCUT2D eigenvalue weighted by Gasteiger charge is 2.60. The lowest BCUT2D eigenvalue weighted by Gasteiger charge is -2.43. The molecule has 2 aromatic rings. The van der Waals surface area contributed by atoms with Crippen LogP contribution in [0.15, 0.2) is 30.5 Å². The number of cyclic esters (lactones) is 1. The summed E-state index contributed by atoms with van der Waals surface area (Å²) < 4.78 is 19.8. The van der Waals surface area contributed by atoms with Crippen molar-refractivity contribution < 1.29 is 33.4 Å². The molecule has 1 amide bonds. The Morgan fingerprint density at radius 3 is 2.38 bits per heavy atom. The van der Waals surface area contributed by atoms with Crippen molar-refractivity contribution in [2.24, 2.45) is 23.7 Å². The number of nitrogen functional groups attached to an aromatic ring is 1. The first-order valence-electron chi connectivity index (χ1n) is 17.2. The number of anilines is 1. The maximum atomic E-state index is 14.2. The molecule has 2 N–H and O–H groups in total. The summed E-state index contributed by atoms with van der Waals surface area (Å²) >= 11 is 0. The zero-order chi connectivity index (χ0) is 35.6. The van der Waals surface area contributed by atoms with E-state index >= 15 is 0 Å². The number of amides is 1. The number of hydrogen-bond acceptors (Lipinski definition) is 10. The molecular weight excluding hydrogens is 613 g/mol. The largest absolute Gasteiger partial charge is 0.458 e. The summed E-state index contributed by atoms with van der Waals surface area (Å²) in [4.78, 5) is 56.5. The Balaban J connectivity index is 1.59. The number of ether oxygens (including phenoxy) is 3. The van der Waals surface area contributed by atoms with Crippen LogP contribution >= 0.6 is 0 Å². The van der Waals surface area contributed by atoms with Gasteiger partial charge in [0.05, 0.1) is 17.8 Å². The minimum atomic E-state index is -1.33. The number of aryl methyl sites for hydroxylation is 1. The Kier molecular flexibility index (Phi) is 11.4. The van der Waals surface area contributed by atoms with Crippen LogP contribution in [-0.4, -0.2) is 88.4 Å². The Labute approximate surface area is 284 Å². The summed E-state index contributed by atoms with van der Waals surface area (Å²) in [6, 6.07) is 6.74. The Bertz CT molecular complexity index is 1500. The van der Waals surface area contributed by atoms with Gasteiger partial charge in [0.15, 0.2) is 5.60 Å². The molecule has 12 nitrogen and oxygen atoms in total. The third-order valence-electron chi connectivity index (χ3n) is 11.0. The number of hydrogen-bond donors (Lipinski definition) is 1. The minimum Gasteiger partial charge on any atom is -0.458 e. The normalized spacial score (nSPS) is 33.6. The lowest BCUT2D eigenvalue weighted by atomic mass is 9.62. The molecule has 0 spiro atoms. The number of nitrogens with zero attached hydrogens (tertiary/aromatic N) is 4. The lowest BCUT2D eigenvalue weighted by molar-refractivity contribution is -0.171. The maximum absolute atomic E-state index is 14.2. The Morgan fingerprint density at radius 1 is 1.04 bits per heavy atom. The molecule has 0 radical (unpaired) electrons. The summed E-state index contributed by atoms with van der Waals surface area (Å²) in [5.41, 5.74) is 6.01. The van der Waals surface area contributed by atoms with Gasteiger partial charge in [-0.1, -0.05) is 45.0 Å². The van der Waals surface area contributed by atoms with Gasteiger partial charge in [-0.2, -0.15) is 0 Å². The van der Waals surface area contributed by atoms with Gasteiger partial charge in [-0.25, -0.2) is 4.79 Å². The summed E-state index contributed by atoms with van der Waals surface area (Å²) in [6.45, 7) is 13.4. The van der Waals surface area contributed by atoms with E-state index in [2.05, 4.69) is 10.3 Å². The number of unbranched alkanes of at least 4 members (excludes halogenated alkanes) is 1. The predicted molar refractivity (Wildman–Crippen MR) is 184 cm³/mol. The van der Waals surface area contributed by atoms with Crippen molar-refractivity contribution in [1.29, 1.82) is 0 Å². The molecule has 0 saturated carbocycles. The molecule has 2 aliphatic rings. The highest BCUT2D eigenvalue weighted by atomic mass is 16.6. The van der Waals surface area contributed by atoms with E-state index in [1.54, 1.807) is 37.5 Å². The van der Waals surface area contributed by atoms with Gasteiger partial charge in [0.1, 0.15) is 37.1 Å². The number of nitrogens with two attached hydrogens (primary N) is 1. The molecule has 1 aromatic heterocycles. The number of benzene rings is 1. The van der Waals surface area contributed by atoms with Gasteiger partial charge in [-0.05, 0) is 64.4 Å². The molecule has 2 fully saturated rings. The SMILES string of the molecule is B[C@@H]1[C@@H](C)C(=O)[C@@H](C)C(=O)O[C@H](CC)[C@@]2(C)OC(=O)N(CCCCn3cc(-c4cccc(N)c4)nn3)[C@@H]2[C@@H](C)C(=O)[C@H](C)C[C@@]1(C)OC. The van der Waals surface area contributed by atoms with Crippen molar-refractivity contribution in [2.75, 3.05) is 19.4 Å². The number of esters is 1. The van der Waals surface area contributed by atoms with E-state index in [1.807, 2.05) is 66.0 Å². The van der Waals surface area contributed by atoms with Gasteiger partial charge in [-0.3, -0.25) is 19.1 Å². The van der Waals surface area contributed by atoms with Crippen molar-refractivity contribution in [3.05, 3.63) is 30.5 Å². The fraction of sp³-hybridized carbons (Fsp3) is 0.657. The van der Waals surface area contributed by atoms with Crippen LogP contribution in [0.1, 0.15) is 74.1 Å². The van der Waals surface area contributed by atoms with Crippen LogP contribution in [0.3, 0.4) is 0 Å². The molecule has 0 aliphatic carbocycles. The molecule has 0 unspecified atom stereocenters. The van der Waals surface area contributed by atoms with Crippen LogP contribution in [-0.2, 0) is 35.1 Å². The maximum Gasteiger partial charge on any atom is 0.410 e. The third-order valence-corrected chi connectivity index (χ3v) is 11.0. The highest BCUT2D eigenvalue weighted by molar-refractivity contribution is 6.15. The average molecular weight is 666 g/mol. The molecule has 4 rings (SSSR count). The second-order valence-electron chi connectivity index (χ2n) is 14.2. The molecule has 13 heteroatoms. The fourth-order valence-corrected chi connectivity index (χ4v) is 7.68. The number of fused-ring (bicyclic) bond motifs is 1. The number of aromatic nitrogens is 3. The molecule has 2 saturated heterocycles. The lowest BCUT2D eigenvalue weighted by Crippen LogP contribution is -2.58. The van der Waals surface area contributed by atoms with Gasteiger partial charge < -0.3 is 24.8 Å². The highest BCUT2D eigenvalue weighted by Crippen LogP contribution is 2.43. The van der Waals surface area contributed by atoms with E-state index in [0.717, 1.165) is 5.56 Å². The molecule has 48 heavy (non-hydrogen) atoms. The number of carbonyl (C=O) groups is 4. The zero-order valence-electron chi connectivity index (χ0n) is 29.9. The first-order chi connectivity index (χ1) is 22.6. The van der Waals surface area contributed by atoms with Crippen LogP contribution in [0.5, 0.6) is 0 Å². The van der Waals surface area contributed by atoms with Crippen LogP contribution in [0.25, 0.3) is 11.3 Å². The van der Waals surface area contributed by atoms with Crippen molar-refractivity contribution in [3.63, 3.8) is 0 Å². The fourth-order valence-electron chi connectivity index (χ4n) is 7.68.